The summed E-state index contributed by atoms with van der Waals surface area (Å²) >= 11 is 3.14. The number of hydrogen-bond acceptors (Lipinski definition) is 4. The minimum atomic E-state index is 0.120. The van der Waals surface area contributed by atoms with Crippen molar-refractivity contribution in [2.24, 2.45) is 4.99 Å². The third-order valence-corrected chi connectivity index (χ3v) is 6.93. The predicted octanol–water partition coefficient (Wildman–Crippen LogP) is 6.27. The lowest BCUT2D eigenvalue weighted by molar-refractivity contribution is -0.116. The van der Waals surface area contributed by atoms with Crippen LogP contribution in [0, 0.1) is 0 Å². The van der Waals surface area contributed by atoms with Gasteiger partial charge in [-0.25, -0.2) is 4.99 Å². The molecule has 0 saturated heterocycles. The van der Waals surface area contributed by atoms with Crippen LogP contribution >= 0.6 is 23.5 Å². The van der Waals surface area contributed by atoms with E-state index in [1.54, 1.807) is 23.5 Å². The van der Waals surface area contributed by atoms with Crippen LogP contribution in [-0.4, -0.2) is 28.1 Å². The molecule has 1 aliphatic rings. The number of rotatable bonds is 4. The fraction of sp³-hybridized carbons (Fsp3) is 0.120. The van der Waals surface area contributed by atoms with Crippen molar-refractivity contribution in [1.29, 1.82) is 0 Å². The number of aliphatic imine (C=N–C) groups is 1. The van der Waals surface area contributed by atoms with Crippen molar-refractivity contribution in [3.8, 4) is 0 Å². The maximum atomic E-state index is 12.7. The van der Waals surface area contributed by atoms with Gasteiger partial charge in [0, 0.05) is 22.3 Å². The number of nitrogens with one attached hydrogen (secondary N) is 2. The van der Waals surface area contributed by atoms with E-state index in [2.05, 4.69) is 34.6 Å². The predicted molar refractivity (Wildman–Crippen MR) is 137 cm³/mol. The summed E-state index contributed by atoms with van der Waals surface area (Å²) in [6, 6.07) is 24.4. The number of amidine groups is 1. The summed E-state index contributed by atoms with van der Waals surface area (Å²) in [5, 5.41) is 5.37. The molecule has 1 aliphatic heterocycles. The Hall–Kier alpha value is -3.16. The van der Waals surface area contributed by atoms with Gasteiger partial charge in [-0.2, -0.15) is 0 Å². The molecule has 0 bridgehead atoms. The number of aromatic amines is 1. The normalized spacial score (nSPS) is 14.0. The lowest BCUT2D eigenvalue weighted by atomic mass is 10.2. The van der Waals surface area contributed by atoms with Crippen LogP contribution in [0.25, 0.3) is 10.9 Å². The maximum absolute atomic E-state index is 12.7. The zero-order chi connectivity index (χ0) is 21.9. The number of carbonyl (C=O) groups is 1. The summed E-state index contributed by atoms with van der Waals surface area (Å²) in [5.41, 5.74) is 4.90. The van der Waals surface area contributed by atoms with Crippen LogP contribution in [0.3, 0.4) is 0 Å². The zero-order valence-electron chi connectivity index (χ0n) is 17.5. The van der Waals surface area contributed by atoms with E-state index in [0.717, 1.165) is 38.2 Å². The quantitative estimate of drug-likeness (QED) is 0.279. The fourth-order valence-electron chi connectivity index (χ4n) is 3.69. The summed E-state index contributed by atoms with van der Waals surface area (Å²) < 4.78 is 0. The van der Waals surface area contributed by atoms with E-state index in [9.17, 15) is 4.79 Å². The molecule has 0 saturated carbocycles. The van der Waals surface area contributed by atoms with Crippen LogP contribution in [-0.2, 0) is 11.3 Å². The van der Waals surface area contributed by atoms with Gasteiger partial charge in [-0.05, 0) is 53.6 Å². The SMILES string of the molecule is CSC(=Nc1ccc2c(c1)N(Cc1ccccc1)C(=O)CS2)Nc1ccc2cc[nH]c2c1. The summed E-state index contributed by atoms with van der Waals surface area (Å²) in [5.74, 6) is 0.580. The molecule has 7 heteroatoms. The van der Waals surface area contributed by atoms with Gasteiger partial charge in [0.1, 0.15) is 0 Å². The number of fused-ring (bicyclic) bond motifs is 2. The molecule has 1 aromatic heterocycles. The monoisotopic (exact) mass is 458 g/mol. The third-order valence-electron chi connectivity index (χ3n) is 5.30. The van der Waals surface area contributed by atoms with Crippen LogP contribution in [0.4, 0.5) is 17.1 Å². The first-order valence-electron chi connectivity index (χ1n) is 10.3. The number of anilines is 2. The van der Waals surface area contributed by atoms with E-state index in [4.69, 9.17) is 4.99 Å². The highest BCUT2D eigenvalue weighted by atomic mass is 32.2. The molecular formula is C25H22N4OS2. The number of H-pyrrole nitrogens is 1. The number of hydrogen-bond donors (Lipinski definition) is 2. The summed E-state index contributed by atoms with van der Waals surface area (Å²) in [4.78, 5) is 23.8. The Balaban J connectivity index is 1.43. The van der Waals surface area contributed by atoms with Crippen LogP contribution in [0.2, 0.25) is 0 Å². The Morgan fingerprint density at radius 1 is 1.12 bits per heavy atom. The fourth-order valence-corrected chi connectivity index (χ4v) is 5.02. The van der Waals surface area contributed by atoms with Gasteiger partial charge in [0.05, 0.1) is 23.7 Å². The van der Waals surface area contributed by atoms with E-state index in [0.29, 0.717) is 12.3 Å². The number of aromatic nitrogens is 1. The molecule has 3 aromatic carbocycles. The average Bonchev–Trinajstić information content (AvgIpc) is 3.29. The second kappa shape index (κ2) is 9.14. The average molecular weight is 459 g/mol. The number of nitrogens with zero attached hydrogens (tertiary/aromatic N) is 2. The first-order valence-corrected chi connectivity index (χ1v) is 12.5. The smallest absolute Gasteiger partial charge is 0.237 e. The molecule has 0 fully saturated rings. The standard InChI is InChI=1S/C25H22N4OS2/c1-31-25(27-19-8-7-18-11-12-26-21(18)13-19)28-20-9-10-23-22(14-20)29(24(30)16-32-23)15-17-5-3-2-4-6-17/h2-14,26H,15-16H2,1H3,(H,27,28). The Morgan fingerprint density at radius 2 is 2.00 bits per heavy atom. The molecule has 1 amide bonds. The minimum Gasteiger partial charge on any atom is -0.361 e. The molecule has 4 aromatic rings. The van der Waals surface area contributed by atoms with Gasteiger partial charge in [0.25, 0.3) is 0 Å². The first kappa shape index (κ1) is 20.7. The highest BCUT2D eigenvalue weighted by molar-refractivity contribution is 8.13. The van der Waals surface area contributed by atoms with Crippen LogP contribution in [0.5, 0.6) is 0 Å². The second-order valence-corrected chi connectivity index (χ2v) is 9.24. The lowest BCUT2D eigenvalue weighted by Crippen LogP contribution is -2.34. The Morgan fingerprint density at radius 3 is 2.84 bits per heavy atom. The molecular weight excluding hydrogens is 436 g/mol. The van der Waals surface area contributed by atoms with E-state index < -0.39 is 0 Å². The number of thioether (sulfide) groups is 2. The zero-order valence-corrected chi connectivity index (χ0v) is 19.2. The molecule has 160 valence electrons. The lowest BCUT2D eigenvalue weighted by Gasteiger charge is -2.29. The largest absolute Gasteiger partial charge is 0.361 e. The van der Waals surface area contributed by atoms with E-state index in [1.165, 1.54) is 5.39 Å². The van der Waals surface area contributed by atoms with E-state index >= 15 is 0 Å². The molecule has 2 heterocycles. The second-order valence-electron chi connectivity index (χ2n) is 7.43. The van der Waals surface area contributed by atoms with Gasteiger partial charge in [0.15, 0.2) is 5.17 Å². The van der Waals surface area contributed by atoms with Gasteiger partial charge in [-0.15, -0.1) is 11.8 Å². The molecule has 5 nitrogen and oxygen atoms in total. The summed E-state index contributed by atoms with van der Waals surface area (Å²) in [6.45, 7) is 0.560. The molecule has 5 rings (SSSR count). The Bertz CT molecular complexity index is 1300. The molecule has 0 unspecified atom stereocenters. The number of carbonyl (C=O) groups excluding carboxylic acids is 1. The van der Waals surface area contributed by atoms with Crippen molar-refractivity contribution in [3.63, 3.8) is 0 Å². The van der Waals surface area contributed by atoms with Gasteiger partial charge >= 0.3 is 0 Å². The minimum absolute atomic E-state index is 0.120. The highest BCUT2D eigenvalue weighted by Crippen LogP contribution is 2.39. The van der Waals surface area contributed by atoms with Crippen molar-refractivity contribution >= 4 is 62.6 Å². The number of benzene rings is 3. The summed E-state index contributed by atoms with van der Waals surface area (Å²) in [6.07, 6.45) is 3.93. The van der Waals surface area contributed by atoms with Crippen LogP contribution in [0.1, 0.15) is 5.56 Å². The van der Waals surface area contributed by atoms with Gasteiger partial charge < -0.3 is 15.2 Å². The highest BCUT2D eigenvalue weighted by Gasteiger charge is 2.25. The molecule has 32 heavy (non-hydrogen) atoms. The molecule has 2 N–H and O–H groups in total. The topological polar surface area (TPSA) is 60.5 Å². The Labute approximate surface area is 195 Å². The molecule has 0 aliphatic carbocycles. The van der Waals surface area contributed by atoms with E-state index in [-0.39, 0.29) is 5.91 Å². The van der Waals surface area contributed by atoms with Crippen molar-refractivity contribution < 1.29 is 4.79 Å². The summed E-state index contributed by atoms with van der Waals surface area (Å²) in [7, 11) is 0. The van der Waals surface area contributed by atoms with Crippen molar-refractivity contribution in [2.45, 2.75) is 11.4 Å². The molecule has 0 radical (unpaired) electrons. The molecule has 0 atom stereocenters. The van der Waals surface area contributed by atoms with Crippen molar-refractivity contribution in [1.82, 2.24) is 4.98 Å². The first-order chi connectivity index (χ1) is 15.7. The third kappa shape index (κ3) is 4.40. The van der Waals surface area contributed by atoms with E-state index in [1.807, 2.05) is 65.9 Å². The number of amides is 1. The van der Waals surface area contributed by atoms with Gasteiger partial charge in [0.2, 0.25) is 5.91 Å². The van der Waals surface area contributed by atoms with Crippen molar-refractivity contribution in [3.05, 3.63) is 84.6 Å². The van der Waals surface area contributed by atoms with Gasteiger partial charge in [-0.1, -0.05) is 48.2 Å². The van der Waals surface area contributed by atoms with Gasteiger partial charge in [-0.3, -0.25) is 4.79 Å². The Kier molecular flexibility index (Phi) is 5.92. The van der Waals surface area contributed by atoms with Crippen LogP contribution < -0.4 is 10.2 Å². The maximum Gasteiger partial charge on any atom is 0.237 e. The molecule has 0 spiro atoms. The van der Waals surface area contributed by atoms with Crippen molar-refractivity contribution in [2.75, 3.05) is 22.2 Å². The van der Waals surface area contributed by atoms with Crippen LogP contribution in [0.15, 0.2) is 88.9 Å².